The second kappa shape index (κ2) is 8.51. The average molecular weight is 419 g/mol. The molecule has 5 aromatic heterocycles. The first kappa shape index (κ1) is 19.8. The van der Waals surface area contributed by atoms with E-state index in [1.54, 1.807) is 12.4 Å². The van der Waals surface area contributed by atoms with Crippen molar-refractivity contribution in [3.63, 3.8) is 0 Å². The normalized spacial score (nSPS) is 10.9. The molecule has 5 rings (SSSR count). The molecule has 32 heavy (non-hydrogen) atoms. The number of hydrogen-bond donors (Lipinski definition) is 1. The number of nitrogens with zero attached hydrogens (tertiary/aromatic N) is 5. The highest BCUT2D eigenvalue weighted by atomic mass is 14.9. The van der Waals surface area contributed by atoms with Gasteiger partial charge in [-0.1, -0.05) is 6.07 Å². The summed E-state index contributed by atoms with van der Waals surface area (Å²) in [5.74, 6) is 0. The molecule has 0 saturated heterocycles. The van der Waals surface area contributed by atoms with Gasteiger partial charge in [-0.3, -0.25) is 19.9 Å². The van der Waals surface area contributed by atoms with Crippen molar-refractivity contribution >= 4 is 16.6 Å². The second-order valence-corrected chi connectivity index (χ2v) is 7.72. The van der Waals surface area contributed by atoms with Crippen molar-refractivity contribution in [2.24, 2.45) is 0 Å². The minimum atomic E-state index is 0.652. The summed E-state index contributed by atoms with van der Waals surface area (Å²) in [4.78, 5) is 22.2. The number of aryl methyl sites for hydroxylation is 2. The Morgan fingerprint density at radius 3 is 2.16 bits per heavy atom. The van der Waals surface area contributed by atoms with Crippen LogP contribution in [0.1, 0.15) is 17.0 Å². The summed E-state index contributed by atoms with van der Waals surface area (Å²) in [7, 11) is 0. The summed E-state index contributed by atoms with van der Waals surface area (Å²) in [5, 5.41) is 4.60. The Balaban J connectivity index is 1.42. The molecule has 0 aliphatic rings. The number of aromatic nitrogens is 5. The molecule has 0 aromatic carbocycles. The smallest absolute Gasteiger partial charge is 0.0913 e. The number of fused-ring (bicyclic) bond motifs is 1. The Morgan fingerprint density at radius 1 is 0.719 bits per heavy atom. The molecule has 6 nitrogen and oxygen atoms in total. The second-order valence-electron chi connectivity index (χ2n) is 7.72. The van der Waals surface area contributed by atoms with Gasteiger partial charge >= 0.3 is 0 Å². The van der Waals surface area contributed by atoms with E-state index in [9.17, 15) is 0 Å². The summed E-state index contributed by atoms with van der Waals surface area (Å²) in [6, 6.07) is 16.3. The van der Waals surface area contributed by atoms with Crippen LogP contribution in [-0.4, -0.2) is 24.9 Å². The fourth-order valence-electron chi connectivity index (χ4n) is 3.68. The number of hydrogen-bond acceptors (Lipinski definition) is 6. The standard InChI is InChI=1S/C26H22N6/c1-17-11-20(5-9-28-17)23-4-3-19(14-30-23)15-31-25-13-24(21-6-10-29-18(2)12-21)32-26-16-27-8-7-22(25)26/h3-14,16H,15H2,1-2H3,(H,31,32). The largest absolute Gasteiger partial charge is 0.380 e. The molecule has 0 amide bonds. The molecule has 0 fully saturated rings. The molecule has 0 aliphatic carbocycles. The lowest BCUT2D eigenvalue weighted by Gasteiger charge is -2.12. The molecule has 1 N–H and O–H groups in total. The van der Waals surface area contributed by atoms with Crippen LogP contribution in [0.3, 0.4) is 0 Å². The summed E-state index contributed by atoms with van der Waals surface area (Å²) in [6.45, 7) is 4.62. The van der Waals surface area contributed by atoms with Crippen LogP contribution in [0.4, 0.5) is 5.69 Å². The number of pyridine rings is 5. The first-order valence-corrected chi connectivity index (χ1v) is 10.5. The monoisotopic (exact) mass is 418 g/mol. The van der Waals surface area contributed by atoms with E-state index in [0.29, 0.717) is 6.54 Å². The zero-order valence-electron chi connectivity index (χ0n) is 17.9. The molecule has 0 unspecified atom stereocenters. The Bertz CT molecular complexity index is 1400. The number of anilines is 1. The Kier molecular flexibility index (Phi) is 5.25. The molecule has 5 heterocycles. The fraction of sp³-hybridized carbons (Fsp3) is 0.115. The van der Waals surface area contributed by atoms with E-state index in [1.165, 1.54) is 0 Å². The van der Waals surface area contributed by atoms with Crippen molar-refractivity contribution in [3.05, 3.63) is 96.5 Å². The van der Waals surface area contributed by atoms with Gasteiger partial charge < -0.3 is 5.32 Å². The lowest BCUT2D eigenvalue weighted by atomic mass is 10.1. The third kappa shape index (κ3) is 4.16. The lowest BCUT2D eigenvalue weighted by molar-refractivity contribution is 1.11. The Morgan fingerprint density at radius 2 is 1.47 bits per heavy atom. The molecular weight excluding hydrogens is 396 g/mol. The maximum absolute atomic E-state index is 4.81. The van der Waals surface area contributed by atoms with Crippen LogP contribution in [0, 0.1) is 13.8 Å². The van der Waals surface area contributed by atoms with E-state index >= 15 is 0 Å². The van der Waals surface area contributed by atoms with E-state index in [0.717, 1.165) is 56.1 Å². The van der Waals surface area contributed by atoms with E-state index in [1.807, 2.05) is 68.8 Å². The van der Waals surface area contributed by atoms with Crippen LogP contribution < -0.4 is 5.32 Å². The third-order valence-electron chi connectivity index (χ3n) is 5.30. The zero-order chi connectivity index (χ0) is 21.9. The van der Waals surface area contributed by atoms with Crippen LogP contribution in [0.5, 0.6) is 0 Å². The van der Waals surface area contributed by atoms with Crippen molar-refractivity contribution in [2.45, 2.75) is 20.4 Å². The summed E-state index contributed by atoms with van der Waals surface area (Å²) >= 11 is 0. The molecule has 0 atom stereocenters. The fourth-order valence-corrected chi connectivity index (χ4v) is 3.68. The van der Waals surface area contributed by atoms with E-state index in [4.69, 9.17) is 4.98 Å². The molecule has 156 valence electrons. The van der Waals surface area contributed by atoms with E-state index < -0.39 is 0 Å². The number of nitrogens with one attached hydrogen (secondary N) is 1. The van der Waals surface area contributed by atoms with Gasteiger partial charge in [0.05, 0.1) is 23.1 Å². The predicted molar refractivity (Wildman–Crippen MR) is 127 cm³/mol. The number of rotatable bonds is 5. The zero-order valence-corrected chi connectivity index (χ0v) is 17.9. The summed E-state index contributed by atoms with van der Waals surface area (Å²) in [6.07, 6.45) is 9.12. The lowest BCUT2D eigenvalue weighted by Crippen LogP contribution is -2.02. The first-order chi connectivity index (χ1) is 15.7. The predicted octanol–water partition coefficient (Wildman–Crippen LogP) is 5.38. The quantitative estimate of drug-likeness (QED) is 0.413. The van der Waals surface area contributed by atoms with Gasteiger partial charge in [-0.2, -0.15) is 0 Å². The van der Waals surface area contributed by atoms with E-state index in [-0.39, 0.29) is 0 Å². The highest BCUT2D eigenvalue weighted by Crippen LogP contribution is 2.28. The van der Waals surface area contributed by atoms with Gasteiger partial charge in [-0.15, -0.1) is 0 Å². The van der Waals surface area contributed by atoms with Gasteiger partial charge in [0.15, 0.2) is 0 Å². The Hall–Kier alpha value is -4.19. The van der Waals surface area contributed by atoms with Gasteiger partial charge in [0.1, 0.15) is 0 Å². The maximum atomic E-state index is 4.81. The maximum Gasteiger partial charge on any atom is 0.0913 e. The van der Waals surface area contributed by atoms with Gasteiger partial charge in [0.2, 0.25) is 0 Å². The third-order valence-corrected chi connectivity index (χ3v) is 5.30. The molecule has 5 aromatic rings. The van der Waals surface area contributed by atoms with Crippen LogP contribution in [0.25, 0.3) is 33.4 Å². The van der Waals surface area contributed by atoms with E-state index in [2.05, 4.69) is 37.4 Å². The first-order valence-electron chi connectivity index (χ1n) is 10.5. The van der Waals surface area contributed by atoms with Gasteiger partial charge in [-0.25, -0.2) is 4.98 Å². The van der Waals surface area contributed by atoms with Crippen molar-refractivity contribution in [2.75, 3.05) is 5.32 Å². The van der Waals surface area contributed by atoms with Gasteiger partial charge in [0.25, 0.3) is 0 Å². The van der Waals surface area contributed by atoms with Crippen molar-refractivity contribution in [1.29, 1.82) is 0 Å². The van der Waals surface area contributed by atoms with Gasteiger partial charge in [0, 0.05) is 64.9 Å². The molecule has 0 radical (unpaired) electrons. The molecule has 0 aliphatic heterocycles. The van der Waals surface area contributed by atoms with Crippen molar-refractivity contribution < 1.29 is 0 Å². The molecular formula is C26H22N6. The minimum Gasteiger partial charge on any atom is -0.380 e. The minimum absolute atomic E-state index is 0.652. The van der Waals surface area contributed by atoms with Crippen LogP contribution >= 0.6 is 0 Å². The highest BCUT2D eigenvalue weighted by molar-refractivity contribution is 5.93. The van der Waals surface area contributed by atoms with Crippen LogP contribution in [0.15, 0.2) is 79.5 Å². The Labute approximate surface area is 186 Å². The molecule has 0 bridgehead atoms. The molecule has 0 saturated carbocycles. The van der Waals surface area contributed by atoms with Crippen molar-refractivity contribution in [3.8, 4) is 22.5 Å². The summed E-state index contributed by atoms with van der Waals surface area (Å²) in [5.41, 5.74) is 8.83. The van der Waals surface area contributed by atoms with Crippen molar-refractivity contribution in [1.82, 2.24) is 24.9 Å². The SMILES string of the molecule is Cc1cc(-c2ccc(CNc3cc(-c4ccnc(C)c4)nc4cnccc34)cn2)ccn1. The summed E-state index contributed by atoms with van der Waals surface area (Å²) < 4.78 is 0. The molecule has 0 spiro atoms. The average Bonchev–Trinajstić information content (AvgIpc) is 2.83. The highest BCUT2D eigenvalue weighted by Gasteiger charge is 2.09. The van der Waals surface area contributed by atoms with Crippen LogP contribution in [-0.2, 0) is 6.54 Å². The topological polar surface area (TPSA) is 76.5 Å². The van der Waals surface area contributed by atoms with Crippen LogP contribution in [0.2, 0.25) is 0 Å². The molecule has 6 heteroatoms. The van der Waals surface area contributed by atoms with Gasteiger partial charge in [-0.05, 0) is 61.9 Å².